The van der Waals surface area contributed by atoms with Crippen molar-refractivity contribution in [3.63, 3.8) is 0 Å². The van der Waals surface area contributed by atoms with E-state index in [-0.39, 0.29) is 17.5 Å². The molecule has 2 aromatic rings. The van der Waals surface area contributed by atoms with Crippen LogP contribution in [-0.4, -0.2) is 41.3 Å². The first-order chi connectivity index (χ1) is 11.7. The molecule has 2 fully saturated rings. The number of hydrogen-bond acceptors (Lipinski definition) is 5. The fourth-order valence-corrected chi connectivity index (χ4v) is 3.78. The van der Waals surface area contributed by atoms with Gasteiger partial charge in [-0.25, -0.2) is 9.37 Å². The molecule has 0 bridgehead atoms. The van der Waals surface area contributed by atoms with Gasteiger partial charge in [0, 0.05) is 37.6 Å². The molecule has 1 aromatic carbocycles. The lowest BCUT2D eigenvalue weighted by Crippen LogP contribution is -2.48. The van der Waals surface area contributed by atoms with Gasteiger partial charge in [0.2, 0.25) is 0 Å². The summed E-state index contributed by atoms with van der Waals surface area (Å²) in [6.07, 6.45) is 8.25. The van der Waals surface area contributed by atoms with Gasteiger partial charge in [-0.2, -0.15) is 0 Å². The molecule has 6 heteroatoms. The van der Waals surface area contributed by atoms with Gasteiger partial charge in [-0.15, -0.1) is 0 Å². The summed E-state index contributed by atoms with van der Waals surface area (Å²) in [5, 5.41) is 3.40. The highest BCUT2D eigenvalue weighted by Crippen LogP contribution is 2.36. The van der Waals surface area contributed by atoms with Gasteiger partial charge in [0.05, 0.1) is 24.4 Å². The van der Waals surface area contributed by atoms with E-state index in [9.17, 15) is 4.39 Å². The second-order valence-corrected chi connectivity index (χ2v) is 6.64. The van der Waals surface area contributed by atoms with Gasteiger partial charge in [-0.3, -0.25) is 4.98 Å². The van der Waals surface area contributed by atoms with Gasteiger partial charge in [0.1, 0.15) is 11.6 Å². The van der Waals surface area contributed by atoms with Crippen LogP contribution >= 0.6 is 0 Å². The van der Waals surface area contributed by atoms with E-state index in [1.807, 2.05) is 6.07 Å². The second-order valence-electron chi connectivity index (χ2n) is 6.64. The van der Waals surface area contributed by atoms with Crippen LogP contribution in [0.4, 0.5) is 15.9 Å². The Morgan fingerprint density at radius 3 is 3.12 bits per heavy atom. The number of nitrogens with zero attached hydrogens (tertiary/aromatic N) is 3. The van der Waals surface area contributed by atoms with Crippen LogP contribution < -0.4 is 10.2 Å². The highest BCUT2D eigenvalue weighted by atomic mass is 19.1. The van der Waals surface area contributed by atoms with Crippen LogP contribution in [-0.2, 0) is 4.74 Å². The maximum Gasteiger partial charge on any atom is 0.147 e. The number of rotatable bonds is 3. The molecule has 1 spiro atoms. The van der Waals surface area contributed by atoms with Crippen molar-refractivity contribution >= 4 is 11.5 Å². The molecule has 4 rings (SSSR count). The molecule has 24 heavy (non-hydrogen) atoms. The predicted molar refractivity (Wildman–Crippen MR) is 90.6 cm³/mol. The molecule has 2 saturated heterocycles. The van der Waals surface area contributed by atoms with Crippen molar-refractivity contribution in [2.24, 2.45) is 0 Å². The molecular weight excluding hydrogens is 307 g/mol. The van der Waals surface area contributed by atoms with Crippen LogP contribution in [0, 0.1) is 5.82 Å². The molecule has 0 aliphatic carbocycles. The van der Waals surface area contributed by atoms with Gasteiger partial charge in [-0.1, -0.05) is 6.07 Å². The lowest BCUT2D eigenvalue weighted by Gasteiger charge is -2.40. The quantitative estimate of drug-likeness (QED) is 0.939. The number of hydrogen-bond donors (Lipinski definition) is 1. The molecule has 2 unspecified atom stereocenters. The Hall–Kier alpha value is -2.21. The summed E-state index contributed by atoms with van der Waals surface area (Å²) in [6.45, 7) is 2.45. The van der Waals surface area contributed by atoms with E-state index >= 15 is 0 Å². The Bertz CT molecular complexity index is 698. The van der Waals surface area contributed by atoms with Crippen LogP contribution in [0.1, 0.15) is 19.3 Å². The van der Waals surface area contributed by atoms with Crippen molar-refractivity contribution < 1.29 is 9.13 Å². The number of ether oxygens (including phenoxy) is 1. The van der Waals surface area contributed by atoms with Crippen molar-refractivity contribution in [1.82, 2.24) is 9.97 Å². The molecular formula is C18H21FN4O. The van der Waals surface area contributed by atoms with E-state index in [1.165, 1.54) is 12.1 Å². The molecule has 126 valence electrons. The molecule has 2 aliphatic rings. The normalized spacial score (nSPS) is 26.7. The smallest absolute Gasteiger partial charge is 0.147 e. The first kappa shape index (κ1) is 15.3. The molecule has 2 atom stereocenters. The summed E-state index contributed by atoms with van der Waals surface area (Å²) < 4.78 is 19.5. The molecule has 1 N–H and O–H groups in total. The minimum atomic E-state index is -0.222. The Labute approximate surface area is 140 Å². The van der Waals surface area contributed by atoms with Crippen LogP contribution in [0.15, 0.2) is 42.9 Å². The molecule has 0 radical (unpaired) electrons. The van der Waals surface area contributed by atoms with Gasteiger partial charge < -0.3 is 15.0 Å². The number of benzene rings is 1. The summed E-state index contributed by atoms with van der Waals surface area (Å²) in [7, 11) is 0. The average Bonchev–Trinajstić information content (AvgIpc) is 2.97. The van der Waals surface area contributed by atoms with Crippen LogP contribution in [0.25, 0.3) is 0 Å². The van der Waals surface area contributed by atoms with Crippen molar-refractivity contribution in [2.75, 3.05) is 29.9 Å². The van der Waals surface area contributed by atoms with E-state index < -0.39 is 0 Å². The molecule has 0 saturated carbocycles. The topological polar surface area (TPSA) is 50.3 Å². The van der Waals surface area contributed by atoms with Gasteiger partial charge in [-0.05, 0) is 31.0 Å². The molecule has 3 heterocycles. The fourth-order valence-electron chi connectivity index (χ4n) is 3.78. The Balaban J connectivity index is 1.43. The number of aromatic nitrogens is 2. The number of nitrogens with one attached hydrogen (secondary N) is 1. The third-order valence-electron chi connectivity index (χ3n) is 4.82. The average molecular weight is 328 g/mol. The van der Waals surface area contributed by atoms with E-state index in [2.05, 4.69) is 20.2 Å². The van der Waals surface area contributed by atoms with Crippen LogP contribution in [0.2, 0.25) is 0 Å². The van der Waals surface area contributed by atoms with Crippen molar-refractivity contribution in [3.05, 3.63) is 48.7 Å². The lowest BCUT2D eigenvalue weighted by molar-refractivity contribution is -0.00652. The summed E-state index contributed by atoms with van der Waals surface area (Å²) in [4.78, 5) is 10.8. The van der Waals surface area contributed by atoms with Gasteiger partial charge in [0.15, 0.2) is 0 Å². The van der Waals surface area contributed by atoms with Gasteiger partial charge >= 0.3 is 0 Å². The summed E-state index contributed by atoms with van der Waals surface area (Å²) >= 11 is 0. The lowest BCUT2D eigenvalue weighted by atomic mass is 9.88. The number of anilines is 2. The summed E-state index contributed by atoms with van der Waals surface area (Å²) in [5.41, 5.74) is 0.656. The standard InChI is InChI=1S/C18H21FN4O/c19-14-3-1-4-15(9-14)22-16-10-18(24-12-16)5-2-8-23(13-18)17-11-20-6-7-21-17/h1,3-4,6-7,9,11,16,22H,2,5,8,10,12-13H2. The largest absolute Gasteiger partial charge is 0.380 e. The van der Waals surface area contributed by atoms with Crippen molar-refractivity contribution in [3.8, 4) is 0 Å². The van der Waals surface area contributed by atoms with Crippen LogP contribution in [0.3, 0.4) is 0 Å². The first-order valence-corrected chi connectivity index (χ1v) is 8.40. The van der Waals surface area contributed by atoms with E-state index in [4.69, 9.17) is 4.74 Å². The number of piperidine rings is 1. The predicted octanol–water partition coefficient (Wildman–Crippen LogP) is 2.86. The molecule has 1 aromatic heterocycles. The monoisotopic (exact) mass is 328 g/mol. The zero-order valence-corrected chi connectivity index (χ0v) is 13.5. The zero-order valence-electron chi connectivity index (χ0n) is 13.5. The van der Waals surface area contributed by atoms with Crippen molar-refractivity contribution in [2.45, 2.75) is 30.9 Å². The zero-order chi connectivity index (χ0) is 16.4. The highest BCUT2D eigenvalue weighted by Gasteiger charge is 2.43. The van der Waals surface area contributed by atoms with Crippen LogP contribution in [0.5, 0.6) is 0 Å². The molecule has 5 nitrogen and oxygen atoms in total. The van der Waals surface area contributed by atoms with E-state index in [0.29, 0.717) is 6.61 Å². The minimum Gasteiger partial charge on any atom is -0.380 e. The Morgan fingerprint density at radius 2 is 2.29 bits per heavy atom. The highest BCUT2D eigenvalue weighted by molar-refractivity contribution is 5.44. The number of halogens is 1. The van der Waals surface area contributed by atoms with E-state index in [0.717, 1.165) is 43.9 Å². The molecule has 0 amide bonds. The SMILES string of the molecule is Fc1cccc(NC2COC3(CCCN(c4cnccn4)C3)C2)c1. The maximum atomic E-state index is 13.3. The van der Waals surface area contributed by atoms with Crippen molar-refractivity contribution in [1.29, 1.82) is 0 Å². The second kappa shape index (κ2) is 6.36. The minimum absolute atomic E-state index is 0.152. The Morgan fingerprint density at radius 1 is 1.33 bits per heavy atom. The Kier molecular flexibility index (Phi) is 4.06. The fraction of sp³-hybridized carbons (Fsp3) is 0.444. The third kappa shape index (κ3) is 3.19. The first-order valence-electron chi connectivity index (χ1n) is 8.40. The summed E-state index contributed by atoms with van der Waals surface area (Å²) in [6, 6.07) is 6.80. The summed E-state index contributed by atoms with van der Waals surface area (Å²) in [5.74, 6) is 0.682. The van der Waals surface area contributed by atoms with E-state index in [1.54, 1.807) is 24.7 Å². The maximum absolute atomic E-state index is 13.3. The third-order valence-corrected chi connectivity index (χ3v) is 4.82. The van der Waals surface area contributed by atoms with Gasteiger partial charge in [0.25, 0.3) is 0 Å². The molecule has 2 aliphatic heterocycles.